The Morgan fingerprint density at radius 3 is 1.10 bits per heavy atom. The Morgan fingerprint density at radius 2 is 0.850 bits per heavy atom. The Balaban J connectivity index is 2.45. The highest BCUT2D eigenvalue weighted by Crippen LogP contribution is 2.26. The molecule has 2 aromatic rings. The Kier molecular flexibility index (Phi) is 3.84. The summed E-state index contributed by atoms with van der Waals surface area (Å²) in [6.07, 6.45) is 4.13. The lowest BCUT2D eigenvalue weighted by Crippen LogP contribution is -1.88. The number of aromatic hydroxyl groups is 2. The van der Waals surface area contributed by atoms with Crippen molar-refractivity contribution in [3.05, 3.63) is 57.6 Å². The molecule has 20 heavy (non-hydrogen) atoms. The minimum absolute atomic E-state index is 0.300. The lowest BCUT2D eigenvalue weighted by molar-refractivity contribution is 0.473. The van der Waals surface area contributed by atoms with Crippen LogP contribution in [0.3, 0.4) is 0 Å². The summed E-state index contributed by atoms with van der Waals surface area (Å²) in [5.41, 5.74) is 6.44. The number of phenols is 2. The largest absolute Gasteiger partial charge is 0.508 e. The van der Waals surface area contributed by atoms with Crippen LogP contribution >= 0.6 is 0 Å². The zero-order chi connectivity index (χ0) is 14.9. The van der Waals surface area contributed by atoms with Gasteiger partial charge in [-0.25, -0.2) is 0 Å². The van der Waals surface area contributed by atoms with Crippen molar-refractivity contribution in [2.75, 3.05) is 0 Å². The predicted octanol–water partition coefficient (Wildman–Crippen LogP) is 4.50. The molecular formula is C18H20O2. The van der Waals surface area contributed by atoms with Gasteiger partial charge < -0.3 is 10.2 Å². The number of aryl methyl sites for hydroxylation is 4. The van der Waals surface area contributed by atoms with Crippen molar-refractivity contribution in [1.82, 2.24) is 0 Å². The molecule has 0 saturated carbocycles. The predicted molar refractivity (Wildman–Crippen MR) is 84.1 cm³/mol. The van der Waals surface area contributed by atoms with Crippen molar-refractivity contribution in [2.24, 2.45) is 0 Å². The Bertz CT molecular complexity index is 576. The zero-order valence-corrected chi connectivity index (χ0v) is 12.4. The molecular weight excluding hydrogens is 248 g/mol. The first-order valence-corrected chi connectivity index (χ1v) is 6.67. The van der Waals surface area contributed by atoms with Crippen molar-refractivity contribution < 1.29 is 10.2 Å². The maximum atomic E-state index is 9.57. The topological polar surface area (TPSA) is 40.5 Å². The summed E-state index contributed by atoms with van der Waals surface area (Å²) < 4.78 is 0. The molecule has 0 radical (unpaired) electrons. The molecule has 0 fully saturated rings. The fraction of sp³-hybridized carbons (Fsp3) is 0.222. The van der Waals surface area contributed by atoms with Crippen LogP contribution in [0.25, 0.3) is 12.2 Å². The van der Waals surface area contributed by atoms with E-state index in [0.29, 0.717) is 11.5 Å². The van der Waals surface area contributed by atoms with Crippen molar-refractivity contribution in [3.63, 3.8) is 0 Å². The van der Waals surface area contributed by atoms with E-state index in [1.165, 1.54) is 0 Å². The van der Waals surface area contributed by atoms with Crippen LogP contribution in [0, 0.1) is 27.7 Å². The Morgan fingerprint density at radius 1 is 0.600 bits per heavy atom. The number of benzene rings is 2. The number of hydrogen-bond donors (Lipinski definition) is 2. The fourth-order valence-corrected chi connectivity index (χ4v) is 2.60. The zero-order valence-electron chi connectivity index (χ0n) is 12.4. The highest BCUT2D eigenvalue weighted by Gasteiger charge is 2.04. The molecule has 0 heterocycles. The minimum Gasteiger partial charge on any atom is -0.508 e. The minimum atomic E-state index is 0.300. The van der Waals surface area contributed by atoms with Gasteiger partial charge in [-0.3, -0.25) is 0 Å². The van der Waals surface area contributed by atoms with Crippen LogP contribution in [0.2, 0.25) is 0 Å². The van der Waals surface area contributed by atoms with Gasteiger partial charge in [-0.2, -0.15) is 0 Å². The maximum Gasteiger partial charge on any atom is 0.116 e. The van der Waals surface area contributed by atoms with E-state index in [0.717, 1.165) is 33.4 Å². The first kappa shape index (κ1) is 14.2. The van der Waals surface area contributed by atoms with Crippen molar-refractivity contribution in [1.29, 1.82) is 0 Å². The van der Waals surface area contributed by atoms with E-state index in [4.69, 9.17) is 0 Å². The molecule has 2 heteroatoms. The van der Waals surface area contributed by atoms with Crippen LogP contribution in [0.1, 0.15) is 33.4 Å². The molecule has 2 N–H and O–H groups in total. The first-order chi connectivity index (χ1) is 9.38. The molecule has 0 aliphatic rings. The van der Waals surface area contributed by atoms with Crippen LogP contribution < -0.4 is 0 Å². The van der Waals surface area contributed by atoms with Crippen LogP contribution in [-0.2, 0) is 0 Å². The summed E-state index contributed by atoms with van der Waals surface area (Å²) in [6.45, 7) is 7.96. The van der Waals surface area contributed by atoms with Gasteiger partial charge in [-0.15, -0.1) is 0 Å². The van der Waals surface area contributed by atoms with E-state index in [1.54, 1.807) is 24.3 Å². The third-order valence-electron chi connectivity index (χ3n) is 3.57. The van der Waals surface area contributed by atoms with E-state index < -0.39 is 0 Å². The van der Waals surface area contributed by atoms with E-state index in [1.807, 2.05) is 27.7 Å². The second kappa shape index (κ2) is 5.41. The molecule has 2 aromatic carbocycles. The second-order valence-corrected chi connectivity index (χ2v) is 5.32. The van der Waals surface area contributed by atoms with Crippen molar-refractivity contribution in [2.45, 2.75) is 27.7 Å². The third-order valence-corrected chi connectivity index (χ3v) is 3.57. The van der Waals surface area contributed by atoms with Gasteiger partial charge in [0.1, 0.15) is 11.5 Å². The Labute approximate surface area is 120 Å². The average molecular weight is 268 g/mol. The quantitative estimate of drug-likeness (QED) is 0.787. The highest BCUT2D eigenvalue weighted by molar-refractivity contribution is 5.76. The summed E-state index contributed by atoms with van der Waals surface area (Å²) in [5, 5.41) is 19.1. The van der Waals surface area contributed by atoms with Gasteiger partial charge in [-0.05, 0) is 85.3 Å². The summed E-state index contributed by atoms with van der Waals surface area (Å²) >= 11 is 0. The van der Waals surface area contributed by atoms with Crippen LogP contribution in [0.5, 0.6) is 11.5 Å². The molecule has 0 spiro atoms. The Hall–Kier alpha value is -2.22. The van der Waals surface area contributed by atoms with E-state index in [-0.39, 0.29) is 0 Å². The lowest BCUT2D eigenvalue weighted by Gasteiger charge is -2.09. The lowest BCUT2D eigenvalue weighted by atomic mass is 9.98. The summed E-state index contributed by atoms with van der Waals surface area (Å²) in [6, 6.07) is 7.07. The molecule has 0 aliphatic heterocycles. The van der Waals surface area contributed by atoms with Crippen LogP contribution in [0.15, 0.2) is 24.3 Å². The highest BCUT2D eigenvalue weighted by atomic mass is 16.3. The van der Waals surface area contributed by atoms with Gasteiger partial charge in [0.25, 0.3) is 0 Å². The smallest absolute Gasteiger partial charge is 0.116 e. The first-order valence-electron chi connectivity index (χ1n) is 6.67. The SMILES string of the molecule is Cc1cc(O)cc(C)c1/C=C/c1c(C)cc(O)cc1C. The normalized spacial score (nSPS) is 11.2. The van der Waals surface area contributed by atoms with Gasteiger partial charge in [0.05, 0.1) is 0 Å². The monoisotopic (exact) mass is 268 g/mol. The maximum absolute atomic E-state index is 9.57. The standard InChI is InChI=1S/C18H20O2/c1-11-7-15(19)8-12(2)17(11)5-6-18-13(3)9-16(20)10-14(18)4/h5-10,19-20H,1-4H3/b6-5+. The molecule has 0 amide bonds. The number of rotatable bonds is 2. The van der Waals surface area contributed by atoms with E-state index >= 15 is 0 Å². The molecule has 0 unspecified atom stereocenters. The molecule has 0 aliphatic carbocycles. The van der Waals surface area contributed by atoms with Crippen molar-refractivity contribution >= 4 is 12.2 Å². The third kappa shape index (κ3) is 2.85. The molecule has 0 saturated heterocycles. The van der Waals surface area contributed by atoms with Gasteiger partial charge in [-0.1, -0.05) is 12.2 Å². The molecule has 0 aromatic heterocycles. The van der Waals surface area contributed by atoms with E-state index in [2.05, 4.69) is 12.2 Å². The summed E-state index contributed by atoms with van der Waals surface area (Å²) in [5.74, 6) is 0.600. The van der Waals surface area contributed by atoms with Crippen molar-refractivity contribution in [3.8, 4) is 11.5 Å². The van der Waals surface area contributed by atoms with Gasteiger partial charge in [0.15, 0.2) is 0 Å². The van der Waals surface area contributed by atoms with Gasteiger partial charge in [0.2, 0.25) is 0 Å². The summed E-state index contributed by atoms with van der Waals surface area (Å²) in [4.78, 5) is 0. The fourth-order valence-electron chi connectivity index (χ4n) is 2.60. The average Bonchev–Trinajstić information content (AvgIpc) is 2.30. The van der Waals surface area contributed by atoms with Gasteiger partial charge in [0, 0.05) is 0 Å². The van der Waals surface area contributed by atoms with Gasteiger partial charge >= 0.3 is 0 Å². The molecule has 2 nitrogen and oxygen atoms in total. The second-order valence-electron chi connectivity index (χ2n) is 5.32. The molecule has 0 atom stereocenters. The summed E-state index contributed by atoms with van der Waals surface area (Å²) in [7, 11) is 0. The molecule has 104 valence electrons. The van der Waals surface area contributed by atoms with Crippen LogP contribution in [-0.4, -0.2) is 10.2 Å². The molecule has 2 rings (SSSR count). The molecule has 0 bridgehead atoms. The van der Waals surface area contributed by atoms with Crippen LogP contribution in [0.4, 0.5) is 0 Å². The van der Waals surface area contributed by atoms with E-state index in [9.17, 15) is 10.2 Å². The number of phenolic OH excluding ortho intramolecular Hbond substituents is 2. The number of hydrogen-bond acceptors (Lipinski definition) is 2.